The normalized spacial score (nSPS) is 23.3. The lowest BCUT2D eigenvalue weighted by atomic mass is 9.99. The Hall–Kier alpha value is -2.29. The second-order valence-electron chi connectivity index (χ2n) is 6.75. The van der Waals surface area contributed by atoms with Gasteiger partial charge in [-0.25, -0.2) is 4.79 Å². The van der Waals surface area contributed by atoms with Crippen molar-refractivity contribution in [1.82, 2.24) is 10.2 Å². The lowest BCUT2D eigenvalue weighted by molar-refractivity contribution is 0.160. The summed E-state index contributed by atoms with van der Waals surface area (Å²) >= 11 is 0. The van der Waals surface area contributed by atoms with Crippen molar-refractivity contribution in [2.45, 2.75) is 44.3 Å². The van der Waals surface area contributed by atoms with Crippen molar-refractivity contribution in [3.8, 4) is 0 Å². The van der Waals surface area contributed by atoms with Crippen LogP contribution in [0, 0.1) is 0 Å². The van der Waals surface area contributed by atoms with E-state index in [-0.39, 0.29) is 6.03 Å². The van der Waals surface area contributed by atoms with Gasteiger partial charge in [-0.3, -0.25) is 0 Å². The van der Waals surface area contributed by atoms with Gasteiger partial charge in [0, 0.05) is 18.6 Å². The fraction of sp³-hybridized carbons (Fsp3) is 0.350. The number of urea groups is 1. The zero-order valence-electron chi connectivity index (χ0n) is 13.3. The molecule has 118 valence electrons. The number of amides is 2. The maximum atomic E-state index is 12.7. The fourth-order valence-corrected chi connectivity index (χ4v) is 4.15. The maximum absolute atomic E-state index is 12.7. The van der Waals surface area contributed by atoms with Gasteiger partial charge in [-0.1, -0.05) is 54.6 Å². The zero-order valence-corrected chi connectivity index (χ0v) is 13.3. The van der Waals surface area contributed by atoms with Gasteiger partial charge in [-0.15, -0.1) is 0 Å². The summed E-state index contributed by atoms with van der Waals surface area (Å²) < 4.78 is 0. The zero-order chi connectivity index (χ0) is 15.8. The number of carbonyl (C=O) groups excluding carboxylic acids is 1. The van der Waals surface area contributed by atoms with Gasteiger partial charge in [0.25, 0.3) is 0 Å². The Kier molecular flexibility index (Phi) is 3.56. The van der Waals surface area contributed by atoms with Gasteiger partial charge in [0.15, 0.2) is 0 Å². The molecule has 2 aromatic carbocycles. The van der Waals surface area contributed by atoms with Crippen LogP contribution in [0.15, 0.2) is 54.6 Å². The van der Waals surface area contributed by atoms with Crippen LogP contribution in [0.4, 0.5) is 4.79 Å². The highest BCUT2D eigenvalue weighted by atomic mass is 16.2. The molecule has 2 aliphatic rings. The summed E-state index contributed by atoms with van der Waals surface area (Å²) in [6.07, 6.45) is 4.17. The van der Waals surface area contributed by atoms with Gasteiger partial charge in [0.05, 0.1) is 0 Å². The molecule has 2 aromatic rings. The van der Waals surface area contributed by atoms with Crippen LogP contribution in [0.25, 0.3) is 10.8 Å². The first-order valence-corrected chi connectivity index (χ1v) is 8.42. The predicted molar refractivity (Wildman–Crippen MR) is 93.2 cm³/mol. The Morgan fingerprint density at radius 1 is 1.09 bits per heavy atom. The van der Waals surface area contributed by atoms with E-state index in [0.29, 0.717) is 18.6 Å². The summed E-state index contributed by atoms with van der Waals surface area (Å²) in [7, 11) is 0. The molecule has 0 spiro atoms. The topological polar surface area (TPSA) is 32.3 Å². The maximum Gasteiger partial charge on any atom is 0.318 e. The van der Waals surface area contributed by atoms with Gasteiger partial charge in [-0.05, 0) is 42.0 Å². The fourth-order valence-electron chi connectivity index (χ4n) is 4.15. The lowest BCUT2D eigenvalue weighted by Gasteiger charge is -2.35. The van der Waals surface area contributed by atoms with Crippen LogP contribution in [0.5, 0.6) is 0 Å². The van der Waals surface area contributed by atoms with Crippen molar-refractivity contribution in [1.29, 1.82) is 0 Å². The van der Waals surface area contributed by atoms with Gasteiger partial charge < -0.3 is 10.2 Å². The highest BCUT2D eigenvalue weighted by molar-refractivity contribution is 5.86. The van der Waals surface area contributed by atoms with Gasteiger partial charge >= 0.3 is 6.03 Å². The van der Waals surface area contributed by atoms with E-state index in [1.54, 1.807) is 0 Å². The number of nitrogens with one attached hydrogen (secondary N) is 1. The summed E-state index contributed by atoms with van der Waals surface area (Å²) in [5, 5.41) is 5.56. The lowest BCUT2D eigenvalue weighted by Crippen LogP contribution is -2.49. The molecule has 0 aliphatic carbocycles. The Morgan fingerprint density at radius 2 is 1.78 bits per heavy atom. The molecule has 3 nitrogen and oxygen atoms in total. The minimum atomic E-state index is 0.0814. The molecule has 23 heavy (non-hydrogen) atoms. The molecule has 4 rings (SSSR count). The number of carbonyl (C=O) groups is 1. The molecule has 1 N–H and O–H groups in total. The third-order valence-electron chi connectivity index (χ3n) is 5.21. The van der Waals surface area contributed by atoms with Gasteiger partial charge in [-0.2, -0.15) is 0 Å². The van der Waals surface area contributed by atoms with Crippen molar-refractivity contribution < 1.29 is 4.79 Å². The molecule has 2 bridgehead atoms. The van der Waals surface area contributed by atoms with E-state index in [1.807, 2.05) is 12.1 Å². The summed E-state index contributed by atoms with van der Waals surface area (Å²) in [5.41, 5.74) is 2.47. The monoisotopic (exact) mass is 306 g/mol. The Labute approximate surface area is 137 Å². The van der Waals surface area contributed by atoms with Gasteiger partial charge in [0.2, 0.25) is 0 Å². The number of piperidine rings is 1. The molecule has 2 aliphatic heterocycles. The number of rotatable bonds is 2. The largest absolute Gasteiger partial charge is 0.334 e. The molecule has 2 unspecified atom stereocenters. The van der Waals surface area contributed by atoms with Crippen molar-refractivity contribution in [3.63, 3.8) is 0 Å². The predicted octanol–water partition coefficient (Wildman–Crippen LogP) is 4.23. The van der Waals surface area contributed by atoms with Crippen molar-refractivity contribution in [3.05, 3.63) is 60.2 Å². The third kappa shape index (κ3) is 2.61. The molecular weight excluding hydrogens is 284 g/mol. The molecule has 0 radical (unpaired) electrons. The van der Waals surface area contributed by atoms with Crippen molar-refractivity contribution in [2.75, 3.05) is 0 Å². The summed E-state index contributed by atoms with van der Waals surface area (Å²) in [6.45, 7) is 4.70. The third-order valence-corrected chi connectivity index (χ3v) is 5.21. The molecule has 3 heteroatoms. The smallest absolute Gasteiger partial charge is 0.318 e. The van der Waals surface area contributed by atoms with E-state index in [4.69, 9.17) is 0 Å². The second kappa shape index (κ2) is 5.73. The van der Waals surface area contributed by atoms with E-state index in [1.165, 1.54) is 21.9 Å². The molecule has 2 heterocycles. The highest BCUT2D eigenvalue weighted by Gasteiger charge is 2.40. The number of benzene rings is 2. The van der Waals surface area contributed by atoms with Crippen LogP contribution < -0.4 is 5.32 Å². The molecule has 0 aromatic heterocycles. The Bertz CT molecular complexity index is 746. The number of fused-ring (bicyclic) bond motifs is 3. The van der Waals surface area contributed by atoms with Crippen molar-refractivity contribution >= 4 is 16.8 Å². The van der Waals surface area contributed by atoms with Crippen LogP contribution in [-0.2, 0) is 6.54 Å². The second-order valence-corrected chi connectivity index (χ2v) is 6.75. The van der Waals surface area contributed by atoms with Crippen LogP contribution in [0.3, 0.4) is 0 Å². The van der Waals surface area contributed by atoms with E-state index in [9.17, 15) is 4.79 Å². The number of hydrogen-bond donors (Lipinski definition) is 1. The molecule has 2 atom stereocenters. The van der Waals surface area contributed by atoms with Crippen LogP contribution in [-0.4, -0.2) is 23.0 Å². The minimum absolute atomic E-state index is 0.0814. The van der Waals surface area contributed by atoms with E-state index in [0.717, 1.165) is 25.7 Å². The first kappa shape index (κ1) is 14.3. The highest BCUT2D eigenvalue weighted by Crippen LogP contribution is 2.37. The van der Waals surface area contributed by atoms with Crippen LogP contribution >= 0.6 is 0 Å². The first-order chi connectivity index (χ1) is 11.2. The summed E-state index contributed by atoms with van der Waals surface area (Å²) in [4.78, 5) is 14.7. The Balaban J connectivity index is 1.49. The van der Waals surface area contributed by atoms with Crippen molar-refractivity contribution in [2.24, 2.45) is 0 Å². The van der Waals surface area contributed by atoms with E-state index < -0.39 is 0 Å². The molecular formula is C20H22N2O. The number of nitrogens with zero attached hydrogens (tertiary/aromatic N) is 1. The standard InChI is InChI=1S/C20H22N2O/c1-14-11-17-9-10-18(12-14)22(17)20(23)21-13-16-7-4-6-15-5-2-3-8-19(15)16/h2-8,17-18H,1,9-13H2,(H,21,23). The molecule has 0 saturated carbocycles. The SMILES string of the molecule is C=C1CC2CCC(C1)N2C(=O)NCc1cccc2ccccc12. The summed E-state index contributed by atoms with van der Waals surface area (Å²) in [6, 6.07) is 15.4. The first-order valence-electron chi connectivity index (χ1n) is 8.42. The quantitative estimate of drug-likeness (QED) is 0.827. The number of hydrogen-bond acceptors (Lipinski definition) is 1. The van der Waals surface area contributed by atoms with E-state index in [2.05, 4.69) is 47.1 Å². The average Bonchev–Trinajstić information content (AvgIpc) is 2.84. The molecule has 2 amide bonds. The summed E-state index contributed by atoms with van der Waals surface area (Å²) in [5.74, 6) is 0. The van der Waals surface area contributed by atoms with Gasteiger partial charge in [0.1, 0.15) is 0 Å². The average molecular weight is 306 g/mol. The Morgan fingerprint density at radius 3 is 2.57 bits per heavy atom. The van der Waals surface area contributed by atoms with E-state index >= 15 is 0 Å². The molecule has 2 saturated heterocycles. The minimum Gasteiger partial charge on any atom is -0.334 e. The van der Waals surface area contributed by atoms with Crippen LogP contribution in [0.1, 0.15) is 31.2 Å². The molecule has 2 fully saturated rings. The van der Waals surface area contributed by atoms with Crippen LogP contribution in [0.2, 0.25) is 0 Å².